The summed E-state index contributed by atoms with van der Waals surface area (Å²) in [6, 6.07) is 6.91. The molecule has 0 saturated carbocycles. The molecule has 1 amide bonds. The van der Waals surface area contributed by atoms with Gasteiger partial charge in [0.1, 0.15) is 11.6 Å². The fraction of sp³-hybridized carbons (Fsp3) is 0.381. The SMILES string of the molecule is CCc1ccc(C(=O)NC(C)c2ccc(F)cc2F)cc1S(=O)(=O)N1CCOCC1. The molecule has 1 aliphatic rings. The molecule has 1 unspecified atom stereocenters. The highest BCUT2D eigenvalue weighted by Gasteiger charge is 2.29. The molecule has 1 fully saturated rings. The van der Waals surface area contributed by atoms with E-state index in [9.17, 15) is 22.0 Å². The van der Waals surface area contributed by atoms with Crippen LogP contribution in [0.3, 0.4) is 0 Å². The number of nitrogens with zero attached hydrogens (tertiary/aromatic N) is 1. The Morgan fingerprint density at radius 3 is 2.50 bits per heavy atom. The van der Waals surface area contributed by atoms with E-state index in [0.29, 0.717) is 25.2 Å². The molecule has 162 valence electrons. The summed E-state index contributed by atoms with van der Waals surface area (Å²) < 4.78 is 59.9. The van der Waals surface area contributed by atoms with Crippen LogP contribution in [0.5, 0.6) is 0 Å². The van der Waals surface area contributed by atoms with Gasteiger partial charge >= 0.3 is 0 Å². The summed E-state index contributed by atoms with van der Waals surface area (Å²) >= 11 is 0. The molecule has 1 atom stereocenters. The molecule has 1 aliphatic heterocycles. The summed E-state index contributed by atoms with van der Waals surface area (Å²) in [4.78, 5) is 12.8. The van der Waals surface area contributed by atoms with E-state index in [1.54, 1.807) is 19.1 Å². The smallest absolute Gasteiger partial charge is 0.251 e. The van der Waals surface area contributed by atoms with Crippen molar-refractivity contribution in [1.29, 1.82) is 0 Å². The van der Waals surface area contributed by atoms with Crippen LogP contribution in [0.2, 0.25) is 0 Å². The van der Waals surface area contributed by atoms with Crippen molar-refractivity contribution < 1.29 is 26.7 Å². The van der Waals surface area contributed by atoms with Gasteiger partial charge in [-0.1, -0.05) is 19.1 Å². The standard InChI is InChI=1S/C21H24F2N2O4S/c1-3-15-4-5-16(12-20(15)30(27,28)25-8-10-29-11-9-25)21(26)24-14(2)18-7-6-17(22)13-19(18)23/h4-7,12-14H,3,8-11H2,1-2H3,(H,24,26). The first-order valence-corrected chi connectivity index (χ1v) is 11.1. The van der Waals surface area contributed by atoms with E-state index in [1.807, 2.05) is 6.92 Å². The zero-order valence-corrected chi connectivity index (χ0v) is 17.6. The Balaban J connectivity index is 1.87. The maximum Gasteiger partial charge on any atom is 0.251 e. The van der Waals surface area contributed by atoms with Gasteiger partial charge in [-0.25, -0.2) is 17.2 Å². The third-order valence-electron chi connectivity index (χ3n) is 5.07. The van der Waals surface area contributed by atoms with Gasteiger partial charge in [0.15, 0.2) is 0 Å². The monoisotopic (exact) mass is 438 g/mol. The number of ether oxygens (including phenoxy) is 1. The number of sulfonamides is 1. The van der Waals surface area contributed by atoms with Crippen molar-refractivity contribution in [3.63, 3.8) is 0 Å². The number of hydrogen-bond acceptors (Lipinski definition) is 4. The number of carbonyl (C=O) groups is 1. The lowest BCUT2D eigenvalue weighted by atomic mass is 10.1. The number of aryl methyl sites for hydroxylation is 1. The molecule has 2 aromatic rings. The minimum atomic E-state index is -3.78. The van der Waals surface area contributed by atoms with Crippen LogP contribution in [-0.4, -0.2) is 44.9 Å². The highest BCUT2D eigenvalue weighted by Crippen LogP contribution is 2.24. The van der Waals surface area contributed by atoms with Crippen molar-refractivity contribution in [3.8, 4) is 0 Å². The van der Waals surface area contributed by atoms with E-state index >= 15 is 0 Å². The second kappa shape index (κ2) is 9.20. The first-order chi connectivity index (χ1) is 14.2. The summed E-state index contributed by atoms with van der Waals surface area (Å²) in [5, 5.41) is 2.64. The normalized spacial score (nSPS) is 16.3. The van der Waals surface area contributed by atoms with Gasteiger partial charge in [-0.15, -0.1) is 0 Å². The molecule has 2 aromatic carbocycles. The van der Waals surface area contributed by atoms with E-state index in [-0.39, 0.29) is 29.1 Å². The molecular formula is C21H24F2N2O4S. The van der Waals surface area contributed by atoms with Crippen molar-refractivity contribution in [2.75, 3.05) is 26.3 Å². The van der Waals surface area contributed by atoms with E-state index in [2.05, 4.69) is 5.32 Å². The summed E-state index contributed by atoms with van der Waals surface area (Å²) in [5.74, 6) is -2.02. The molecule has 6 nitrogen and oxygen atoms in total. The minimum Gasteiger partial charge on any atom is -0.379 e. The number of benzene rings is 2. The molecule has 0 radical (unpaired) electrons. The zero-order chi connectivity index (χ0) is 21.9. The Hall–Kier alpha value is -2.36. The third kappa shape index (κ3) is 4.69. The van der Waals surface area contributed by atoms with Crippen LogP contribution >= 0.6 is 0 Å². The maximum atomic E-state index is 14.0. The lowest BCUT2D eigenvalue weighted by molar-refractivity contribution is 0.0730. The van der Waals surface area contributed by atoms with Crippen molar-refractivity contribution in [3.05, 3.63) is 64.7 Å². The number of carbonyl (C=O) groups excluding carboxylic acids is 1. The molecule has 9 heteroatoms. The number of rotatable bonds is 6. The summed E-state index contributed by atoms with van der Waals surface area (Å²) in [7, 11) is -3.78. The zero-order valence-electron chi connectivity index (χ0n) is 16.8. The van der Waals surface area contributed by atoms with Gasteiger partial charge in [0, 0.05) is 30.3 Å². The van der Waals surface area contributed by atoms with Crippen LogP contribution in [0, 0.1) is 11.6 Å². The topological polar surface area (TPSA) is 75.7 Å². The minimum absolute atomic E-state index is 0.0835. The van der Waals surface area contributed by atoms with Gasteiger partial charge in [-0.3, -0.25) is 4.79 Å². The summed E-state index contributed by atoms with van der Waals surface area (Å²) in [5.41, 5.74) is 0.889. The Morgan fingerprint density at radius 1 is 1.17 bits per heavy atom. The number of hydrogen-bond donors (Lipinski definition) is 1. The van der Waals surface area contributed by atoms with Crippen LogP contribution in [0.25, 0.3) is 0 Å². The van der Waals surface area contributed by atoms with Gasteiger partial charge in [0.25, 0.3) is 5.91 Å². The summed E-state index contributed by atoms with van der Waals surface area (Å²) in [6.07, 6.45) is 0.484. The molecule has 1 saturated heterocycles. The average molecular weight is 438 g/mol. The van der Waals surface area contributed by atoms with Crippen LogP contribution in [0.4, 0.5) is 8.78 Å². The number of halogens is 2. The second-order valence-corrected chi connectivity index (χ2v) is 8.96. The van der Waals surface area contributed by atoms with Gasteiger partial charge in [-0.05, 0) is 37.1 Å². The van der Waals surface area contributed by atoms with Gasteiger partial charge in [0.2, 0.25) is 10.0 Å². The third-order valence-corrected chi connectivity index (χ3v) is 7.06. The number of amides is 1. The van der Waals surface area contributed by atoms with Gasteiger partial charge in [-0.2, -0.15) is 4.31 Å². The van der Waals surface area contributed by atoms with Crippen LogP contribution < -0.4 is 5.32 Å². The molecule has 0 spiro atoms. The number of morpholine rings is 1. The predicted octanol–water partition coefficient (Wildman–Crippen LogP) is 3.04. The van der Waals surface area contributed by atoms with Crippen LogP contribution in [-0.2, 0) is 21.2 Å². The Labute approximate surface area is 174 Å². The summed E-state index contributed by atoms with van der Waals surface area (Å²) in [6.45, 7) is 4.56. The fourth-order valence-corrected chi connectivity index (χ4v) is 5.09. The van der Waals surface area contributed by atoms with E-state index in [4.69, 9.17) is 4.74 Å². The first-order valence-electron chi connectivity index (χ1n) is 9.70. The van der Waals surface area contributed by atoms with Gasteiger partial charge in [0.05, 0.1) is 24.2 Å². The highest BCUT2D eigenvalue weighted by molar-refractivity contribution is 7.89. The van der Waals surface area contributed by atoms with E-state index in [0.717, 1.165) is 12.1 Å². The van der Waals surface area contributed by atoms with Crippen LogP contribution in [0.1, 0.15) is 41.4 Å². The molecule has 3 rings (SSSR count). The molecule has 30 heavy (non-hydrogen) atoms. The molecule has 0 aliphatic carbocycles. The molecule has 0 aromatic heterocycles. The lowest BCUT2D eigenvalue weighted by Gasteiger charge is -2.27. The molecule has 0 bridgehead atoms. The average Bonchev–Trinajstić information content (AvgIpc) is 2.73. The van der Waals surface area contributed by atoms with E-state index in [1.165, 1.54) is 16.4 Å². The molecule has 1 heterocycles. The number of nitrogens with one attached hydrogen (secondary N) is 1. The van der Waals surface area contributed by atoms with Crippen molar-refractivity contribution >= 4 is 15.9 Å². The van der Waals surface area contributed by atoms with Crippen molar-refractivity contribution in [2.24, 2.45) is 0 Å². The van der Waals surface area contributed by atoms with Crippen LogP contribution in [0.15, 0.2) is 41.3 Å². The lowest BCUT2D eigenvalue weighted by Crippen LogP contribution is -2.41. The largest absolute Gasteiger partial charge is 0.379 e. The highest BCUT2D eigenvalue weighted by atomic mass is 32.2. The molecule has 1 N–H and O–H groups in total. The van der Waals surface area contributed by atoms with Crippen molar-refractivity contribution in [1.82, 2.24) is 9.62 Å². The van der Waals surface area contributed by atoms with E-state index < -0.39 is 33.6 Å². The fourth-order valence-electron chi connectivity index (χ4n) is 3.36. The predicted molar refractivity (Wildman–Crippen MR) is 108 cm³/mol. The first kappa shape index (κ1) is 22.3. The second-order valence-electron chi connectivity index (χ2n) is 7.05. The molecular weight excluding hydrogens is 414 g/mol. The van der Waals surface area contributed by atoms with Crippen molar-refractivity contribution in [2.45, 2.75) is 31.2 Å². The Bertz CT molecular complexity index is 1040. The Morgan fingerprint density at radius 2 is 1.87 bits per heavy atom. The Kier molecular flexibility index (Phi) is 6.84. The van der Waals surface area contributed by atoms with Gasteiger partial charge < -0.3 is 10.1 Å². The maximum absolute atomic E-state index is 14.0. The quantitative estimate of drug-likeness (QED) is 0.752.